The maximum Gasteiger partial charge on any atom is 2.00 e. The summed E-state index contributed by atoms with van der Waals surface area (Å²) in [4.78, 5) is 22.4. The number of nitrogens with one attached hydrogen (secondary N) is 2. The van der Waals surface area contributed by atoms with Crippen molar-refractivity contribution in [2.24, 2.45) is 9.98 Å². The van der Waals surface area contributed by atoms with Gasteiger partial charge in [-0.3, -0.25) is 9.98 Å². The van der Waals surface area contributed by atoms with Gasteiger partial charge in [0.2, 0.25) is 0 Å². The normalized spacial score (nSPS) is 20.3. The maximum atomic E-state index is 9.87. The Morgan fingerprint density at radius 2 is 0.810 bits per heavy atom. The number of halogens is 12. The average molecular weight is 1000 g/mol. The molecule has 11 nitrogen and oxygen atoms in total. The van der Waals surface area contributed by atoms with Gasteiger partial charge in [0, 0.05) is 62.3 Å². The van der Waals surface area contributed by atoms with Crippen LogP contribution in [0, 0.1) is 22.7 Å². The molecule has 2 rings (SSSR count). The van der Waals surface area contributed by atoms with Gasteiger partial charge >= 0.3 is 99.0 Å². The van der Waals surface area contributed by atoms with E-state index in [1.165, 1.54) is 77.1 Å². The summed E-state index contributed by atoms with van der Waals surface area (Å²) in [6, 6.07) is 3.50. The van der Waals surface area contributed by atoms with E-state index in [0.29, 0.717) is 0 Å². The summed E-state index contributed by atoms with van der Waals surface area (Å²) in [6.45, 7) is 25.1. The van der Waals surface area contributed by atoms with Gasteiger partial charge in [-0.05, 0) is 127 Å². The van der Waals surface area contributed by atoms with E-state index >= 15 is 0 Å². The molecule has 2 aliphatic rings. The minimum Gasteiger partial charge on any atom is -0.652 e. The summed E-state index contributed by atoms with van der Waals surface area (Å²) >= 11 is 0. The van der Waals surface area contributed by atoms with Crippen molar-refractivity contribution in [1.82, 2.24) is 20.4 Å². The quantitative estimate of drug-likeness (QED) is 0.137. The molecule has 0 unspecified atom stereocenters. The van der Waals surface area contributed by atoms with Gasteiger partial charge in [-0.25, -0.2) is 0 Å². The Morgan fingerprint density at radius 3 is 1.02 bits per heavy atom. The van der Waals surface area contributed by atoms with Crippen molar-refractivity contribution in [3.63, 3.8) is 0 Å². The molecule has 0 aromatic heterocycles. The van der Waals surface area contributed by atoms with Crippen molar-refractivity contribution in [2.45, 2.75) is 105 Å². The van der Waals surface area contributed by atoms with Crippen molar-refractivity contribution in [3.05, 3.63) is 0 Å². The first kappa shape index (κ1) is 71.0. The molecule has 2 aliphatic heterocycles. The molecule has 2 heterocycles. The van der Waals surface area contributed by atoms with Crippen molar-refractivity contribution in [1.29, 1.82) is 10.5 Å². The third-order valence-electron chi connectivity index (χ3n) is 6.20. The molecular formula is C31H60F12N8Ni2O3P2. The second kappa shape index (κ2) is 28.9. The van der Waals surface area contributed by atoms with Crippen molar-refractivity contribution in [2.75, 3.05) is 66.5 Å². The first-order valence-electron chi connectivity index (χ1n) is 16.9. The van der Waals surface area contributed by atoms with Gasteiger partial charge in [-0.15, -0.1) is 0 Å². The van der Waals surface area contributed by atoms with Gasteiger partial charge in [0.1, 0.15) is 0 Å². The van der Waals surface area contributed by atoms with Crippen LogP contribution in [0.15, 0.2) is 9.98 Å². The Hall–Kier alpha value is -1.56. The summed E-state index contributed by atoms with van der Waals surface area (Å²) in [5, 5.41) is 38.5. The number of nitrogens with zero attached hydrogens (tertiary/aromatic N) is 6. The SMILES string of the molecule is CC#N.CC#N.CC1=NCCCN(C)CCCNC(C)(C)C1.CC1=NCCCN(C)CCCNC(C)(C)C1.F[P-](F)(F)(F)(F)F.F[P-](F)(F)(F)(F)F.O=C([O-])[O-].[Ni+2].[Ni+2]. The molecule has 0 bridgehead atoms. The van der Waals surface area contributed by atoms with Crippen LogP contribution < -0.4 is 20.8 Å². The second-order valence-corrected chi connectivity index (χ2v) is 17.7. The fourth-order valence-electron chi connectivity index (χ4n) is 4.51. The topological polar surface area (TPSA) is 166 Å². The van der Waals surface area contributed by atoms with Crippen LogP contribution in [0.2, 0.25) is 0 Å². The van der Waals surface area contributed by atoms with E-state index in [-0.39, 0.29) is 44.1 Å². The van der Waals surface area contributed by atoms with Gasteiger partial charge in [-0.2, -0.15) is 10.5 Å². The van der Waals surface area contributed by atoms with Crippen LogP contribution in [0.4, 0.5) is 55.2 Å². The Labute approximate surface area is 355 Å². The fourth-order valence-corrected chi connectivity index (χ4v) is 4.51. The first-order valence-corrected chi connectivity index (χ1v) is 21.0. The Bertz CT molecular complexity index is 1150. The van der Waals surface area contributed by atoms with Gasteiger partial charge < -0.3 is 35.4 Å². The third kappa shape index (κ3) is 105. The van der Waals surface area contributed by atoms with Crippen molar-refractivity contribution >= 4 is 33.2 Å². The zero-order valence-corrected chi connectivity index (χ0v) is 38.1. The smallest absolute Gasteiger partial charge is 0.652 e. The molecular weight excluding hydrogens is 940 g/mol. The maximum absolute atomic E-state index is 10.7. The summed E-state index contributed by atoms with van der Waals surface area (Å²) in [6.07, 6.45) is 4.61. The molecule has 0 spiro atoms. The van der Waals surface area contributed by atoms with Crippen molar-refractivity contribution < 1.29 is 98.4 Å². The van der Waals surface area contributed by atoms with E-state index in [1.54, 1.807) is 12.1 Å². The van der Waals surface area contributed by atoms with Gasteiger partial charge in [0.05, 0.1) is 12.1 Å². The van der Waals surface area contributed by atoms with Crippen LogP contribution in [-0.2, 0) is 33.0 Å². The number of hydrogen-bond donors (Lipinski definition) is 2. The zero-order chi connectivity index (χ0) is 45.8. The molecule has 356 valence electrons. The molecule has 0 aromatic rings. The molecule has 0 aliphatic carbocycles. The monoisotopic (exact) mass is 998 g/mol. The van der Waals surface area contributed by atoms with Crippen LogP contribution in [0.3, 0.4) is 0 Å². The van der Waals surface area contributed by atoms with E-state index in [9.17, 15) is 50.4 Å². The molecule has 0 atom stereocenters. The second-order valence-electron chi connectivity index (χ2n) is 13.8. The number of aliphatic imine (C=N–C) groups is 2. The average Bonchev–Trinajstić information content (AvgIpc) is 2.90. The molecule has 0 radical (unpaired) electrons. The first-order chi connectivity index (χ1) is 24.4. The van der Waals surface area contributed by atoms with E-state index in [0.717, 1.165) is 39.0 Å². The van der Waals surface area contributed by atoms with Gasteiger partial charge in [-0.1, -0.05) is 0 Å². The van der Waals surface area contributed by atoms with Crippen LogP contribution in [-0.4, -0.2) is 105 Å². The number of carboxylic acid groups (broad SMARTS) is 2. The summed E-state index contributed by atoms with van der Waals surface area (Å²) in [5.74, 6) is 0. The summed E-state index contributed by atoms with van der Waals surface area (Å²) in [7, 11) is -16.9. The Morgan fingerprint density at radius 1 is 0.621 bits per heavy atom. The number of nitriles is 2. The fraction of sp³-hybridized carbons (Fsp3) is 0.839. The molecule has 0 fully saturated rings. The summed E-state index contributed by atoms with van der Waals surface area (Å²) in [5.41, 5.74) is 2.93. The van der Waals surface area contributed by atoms with E-state index < -0.39 is 21.8 Å². The molecule has 0 aromatic carbocycles. The molecule has 2 N–H and O–H groups in total. The number of hydrogen-bond acceptors (Lipinski definition) is 11. The van der Waals surface area contributed by atoms with E-state index in [2.05, 4.69) is 86.1 Å². The number of carbonyl (C=O) groups excluding carboxylic acids is 1. The van der Waals surface area contributed by atoms with Crippen LogP contribution in [0.5, 0.6) is 0 Å². The molecule has 27 heteroatoms. The predicted molar refractivity (Wildman–Crippen MR) is 198 cm³/mol. The third-order valence-corrected chi connectivity index (χ3v) is 6.20. The molecule has 0 saturated heterocycles. The Balaban J connectivity index is -0.000000115. The Kier molecular flexibility index (Phi) is 35.3. The zero-order valence-electron chi connectivity index (χ0n) is 34.4. The largest absolute Gasteiger partial charge is 2.00 e. The number of carbonyl (C=O) groups is 1. The molecule has 58 heavy (non-hydrogen) atoms. The van der Waals surface area contributed by atoms with Crippen LogP contribution >= 0.6 is 15.6 Å². The van der Waals surface area contributed by atoms with Crippen molar-refractivity contribution in [3.8, 4) is 12.1 Å². The minimum atomic E-state index is -10.7. The molecule has 0 amide bonds. The predicted octanol–water partition coefficient (Wildman–Crippen LogP) is 9.23. The van der Waals surface area contributed by atoms with Crippen LogP contribution in [0.25, 0.3) is 0 Å². The van der Waals surface area contributed by atoms with Gasteiger partial charge in [0.15, 0.2) is 0 Å². The van der Waals surface area contributed by atoms with E-state index in [4.69, 9.17) is 25.5 Å². The standard InChI is InChI=1S/2C13H27N3.2C2H3N.CH2O3.2F6P.2Ni/c2*1-12-11-13(2,3)15-8-6-10-16(4)9-5-7-14-12;2*1-2-3;2-1(3)4;2*1-7(2,3,4,5)6;;/h2*15H,5-11H2,1-4H3;2*1H3;(H2,2,3,4);;;;/q;;;;;2*-1;2*+2/p-2. The van der Waals surface area contributed by atoms with Crippen LogP contribution in [0.1, 0.15) is 93.9 Å². The summed E-state index contributed by atoms with van der Waals surface area (Å²) < 4.78 is 118. The number of rotatable bonds is 0. The minimum absolute atomic E-state index is 0. The molecule has 0 saturated carbocycles. The van der Waals surface area contributed by atoms with E-state index in [1.807, 2.05) is 0 Å². The van der Waals surface area contributed by atoms with Gasteiger partial charge in [0.25, 0.3) is 0 Å².